The van der Waals surface area contributed by atoms with Crippen molar-refractivity contribution in [1.29, 1.82) is 0 Å². The van der Waals surface area contributed by atoms with E-state index in [-0.39, 0.29) is 11.6 Å². The number of aryl methyl sites for hydroxylation is 1. The van der Waals surface area contributed by atoms with E-state index in [1.54, 1.807) is 0 Å². The Bertz CT molecular complexity index is 213. The van der Waals surface area contributed by atoms with Crippen LogP contribution in [-0.2, 0) is 0 Å². The molecule has 1 heterocycles. The van der Waals surface area contributed by atoms with Gasteiger partial charge in [-0.3, -0.25) is 4.98 Å². The van der Waals surface area contributed by atoms with Crippen LogP contribution in [0.4, 0.5) is 0 Å². The second kappa shape index (κ2) is 3.76. The van der Waals surface area contributed by atoms with E-state index in [0.29, 0.717) is 0 Å². The molecule has 0 aliphatic carbocycles. The Morgan fingerprint density at radius 2 is 2.00 bits per heavy atom. The highest BCUT2D eigenvalue weighted by Gasteiger charge is 1.98. The molecular weight excluding hydrogens is 134 g/mol. The van der Waals surface area contributed by atoms with E-state index in [9.17, 15) is 4.79 Å². The third kappa shape index (κ3) is 1.97. The van der Waals surface area contributed by atoms with Gasteiger partial charge in [-0.2, -0.15) is 0 Å². The minimum Gasteiger partial charge on any atom is -0.492 e. The van der Waals surface area contributed by atoms with Crippen LogP contribution < -0.4 is 5.76 Å². The summed E-state index contributed by atoms with van der Waals surface area (Å²) in [6.45, 7) is 5.49. The fourth-order valence-electron chi connectivity index (χ4n) is 0.398. The molecule has 0 bridgehead atoms. The zero-order valence-corrected chi connectivity index (χ0v) is 6.26. The van der Waals surface area contributed by atoms with Gasteiger partial charge in [0.05, 0.1) is 0 Å². The predicted octanol–water partition coefficient (Wildman–Crippen LogP) is 1.01. The Hall–Kier alpha value is -1.19. The minimum atomic E-state index is -0.625. The highest BCUT2D eigenvalue weighted by Crippen LogP contribution is 2.05. The molecule has 1 aromatic heterocycles. The maximum atomic E-state index is 10.1. The van der Waals surface area contributed by atoms with Gasteiger partial charge in [0.1, 0.15) is 0 Å². The molecular formula is C6H11NO3. The second-order valence-corrected chi connectivity index (χ2v) is 1.42. The van der Waals surface area contributed by atoms with Crippen LogP contribution in [0.5, 0.6) is 5.88 Å². The normalized spacial score (nSPS) is 8.30. The standard InChI is InChI=1S/C4H5NO3.C2H6/c1-2-3(6)5-4(7)8-2;1-2/h6H,1H3,(H,5,7);1-2H3. The molecule has 0 radical (unpaired) electrons. The van der Waals surface area contributed by atoms with Gasteiger partial charge >= 0.3 is 5.76 Å². The molecule has 0 atom stereocenters. The summed E-state index contributed by atoms with van der Waals surface area (Å²) >= 11 is 0. The summed E-state index contributed by atoms with van der Waals surface area (Å²) in [5, 5.41) is 8.59. The van der Waals surface area contributed by atoms with E-state index in [4.69, 9.17) is 5.11 Å². The number of aromatic hydroxyl groups is 1. The van der Waals surface area contributed by atoms with Gasteiger partial charge in [-0.25, -0.2) is 4.79 Å². The first-order chi connectivity index (χ1) is 4.70. The third-order valence-electron chi connectivity index (χ3n) is 0.800. The Kier molecular flexibility index (Phi) is 3.32. The number of oxazole rings is 1. The minimum absolute atomic E-state index is 0.199. The lowest BCUT2D eigenvalue weighted by molar-refractivity contribution is 0.432. The number of nitrogens with one attached hydrogen (secondary N) is 1. The SMILES string of the molecule is CC.Cc1oc(=O)[nH]c1O. The van der Waals surface area contributed by atoms with Crippen molar-refractivity contribution in [1.82, 2.24) is 4.98 Å². The zero-order valence-electron chi connectivity index (χ0n) is 6.26. The summed E-state index contributed by atoms with van der Waals surface area (Å²) < 4.78 is 4.35. The van der Waals surface area contributed by atoms with Gasteiger partial charge in [0.2, 0.25) is 5.88 Å². The fraction of sp³-hybridized carbons (Fsp3) is 0.500. The summed E-state index contributed by atoms with van der Waals surface area (Å²) in [6.07, 6.45) is 0. The van der Waals surface area contributed by atoms with Crippen LogP contribution >= 0.6 is 0 Å². The van der Waals surface area contributed by atoms with E-state index in [0.717, 1.165) is 0 Å². The Labute approximate surface area is 58.5 Å². The molecule has 0 aliphatic rings. The lowest BCUT2D eigenvalue weighted by Gasteiger charge is -1.76. The quantitative estimate of drug-likeness (QED) is 0.572. The highest BCUT2D eigenvalue weighted by atomic mass is 16.4. The van der Waals surface area contributed by atoms with Gasteiger partial charge in [0, 0.05) is 0 Å². The Balaban J connectivity index is 0.000000371. The molecule has 0 unspecified atom stereocenters. The molecule has 2 N–H and O–H groups in total. The van der Waals surface area contributed by atoms with Crippen LogP contribution in [0.1, 0.15) is 19.6 Å². The molecule has 0 fully saturated rings. The number of rotatable bonds is 0. The van der Waals surface area contributed by atoms with Crippen molar-refractivity contribution in [2.75, 3.05) is 0 Å². The molecule has 4 nitrogen and oxygen atoms in total. The lowest BCUT2D eigenvalue weighted by atomic mass is 10.6. The average Bonchev–Trinajstić information content (AvgIpc) is 2.16. The van der Waals surface area contributed by atoms with Gasteiger partial charge in [0.15, 0.2) is 5.76 Å². The molecule has 0 saturated carbocycles. The third-order valence-corrected chi connectivity index (χ3v) is 0.800. The summed E-state index contributed by atoms with van der Waals surface area (Å²) in [4.78, 5) is 12.2. The van der Waals surface area contributed by atoms with Crippen LogP contribution in [0.25, 0.3) is 0 Å². The number of aromatic amines is 1. The smallest absolute Gasteiger partial charge is 0.419 e. The van der Waals surface area contributed by atoms with Crippen molar-refractivity contribution in [3.8, 4) is 5.88 Å². The van der Waals surface area contributed by atoms with Crippen molar-refractivity contribution in [3.63, 3.8) is 0 Å². The Morgan fingerprint density at radius 1 is 1.50 bits per heavy atom. The second-order valence-electron chi connectivity index (χ2n) is 1.42. The van der Waals surface area contributed by atoms with Gasteiger partial charge in [-0.1, -0.05) is 13.8 Å². The van der Waals surface area contributed by atoms with E-state index in [1.807, 2.05) is 18.8 Å². The number of H-pyrrole nitrogens is 1. The largest absolute Gasteiger partial charge is 0.492 e. The molecule has 10 heavy (non-hydrogen) atoms. The van der Waals surface area contributed by atoms with Gasteiger partial charge < -0.3 is 9.52 Å². The van der Waals surface area contributed by atoms with Crippen molar-refractivity contribution >= 4 is 0 Å². The molecule has 1 aromatic rings. The molecule has 0 saturated heterocycles. The topological polar surface area (TPSA) is 66.2 Å². The first-order valence-corrected chi connectivity index (χ1v) is 3.09. The van der Waals surface area contributed by atoms with Gasteiger partial charge in [-0.15, -0.1) is 0 Å². The first-order valence-electron chi connectivity index (χ1n) is 3.09. The lowest BCUT2D eigenvalue weighted by Crippen LogP contribution is -1.92. The maximum absolute atomic E-state index is 10.1. The Morgan fingerprint density at radius 3 is 2.10 bits per heavy atom. The molecule has 0 spiro atoms. The van der Waals surface area contributed by atoms with Crippen LogP contribution in [0.3, 0.4) is 0 Å². The first kappa shape index (κ1) is 8.81. The molecule has 58 valence electrons. The number of hydrogen-bond donors (Lipinski definition) is 2. The zero-order chi connectivity index (χ0) is 8.15. The fourth-order valence-corrected chi connectivity index (χ4v) is 0.398. The molecule has 0 aromatic carbocycles. The van der Waals surface area contributed by atoms with Gasteiger partial charge in [0.25, 0.3) is 0 Å². The van der Waals surface area contributed by atoms with Crippen molar-refractivity contribution < 1.29 is 9.52 Å². The molecule has 4 heteroatoms. The van der Waals surface area contributed by atoms with Gasteiger partial charge in [-0.05, 0) is 6.92 Å². The van der Waals surface area contributed by atoms with E-state index in [1.165, 1.54) is 6.92 Å². The summed E-state index contributed by atoms with van der Waals surface area (Å²) in [5.41, 5.74) is 0. The summed E-state index contributed by atoms with van der Waals surface area (Å²) in [6, 6.07) is 0. The molecule has 1 rings (SSSR count). The van der Waals surface area contributed by atoms with E-state index < -0.39 is 5.76 Å². The highest BCUT2D eigenvalue weighted by molar-refractivity contribution is 5.08. The monoisotopic (exact) mass is 145 g/mol. The predicted molar refractivity (Wildman–Crippen MR) is 37.1 cm³/mol. The number of hydrogen-bond acceptors (Lipinski definition) is 3. The van der Waals surface area contributed by atoms with E-state index in [2.05, 4.69) is 4.42 Å². The van der Waals surface area contributed by atoms with Crippen molar-refractivity contribution in [2.45, 2.75) is 20.8 Å². The van der Waals surface area contributed by atoms with Crippen LogP contribution in [-0.4, -0.2) is 10.1 Å². The molecule has 0 amide bonds. The number of aromatic nitrogens is 1. The van der Waals surface area contributed by atoms with Crippen molar-refractivity contribution in [2.24, 2.45) is 0 Å². The summed E-state index contributed by atoms with van der Waals surface area (Å²) in [5.74, 6) is -0.606. The van der Waals surface area contributed by atoms with E-state index >= 15 is 0 Å². The van der Waals surface area contributed by atoms with Crippen LogP contribution in [0.15, 0.2) is 9.21 Å². The summed E-state index contributed by atoms with van der Waals surface area (Å²) in [7, 11) is 0. The van der Waals surface area contributed by atoms with Crippen LogP contribution in [0, 0.1) is 6.92 Å². The molecule has 0 aliphatic heterocycles. The maximum Gasteiger partial charge on any atom is 0.419 e. The van der Waals surface area contributed by atoms with Crippen LogP contribution in [0.2, 0.25) is 0 Å². The average molecular weight is 145 g/mol. The van der Waals surface area contributed by atoms with Crippen molar-refractivity contribution in [3.05, 3.63) is 16.3 Å².